The Morgan fingerprint density at radius 2 is 1.96 bits per heavy atom. The number of rotatable bonds is 5. The number of aryl methyl sites for hydroxylation is 3. The zero-order valence-electron chi connectivity index (χ0n) is 14.3. The minimum absolute atomic E-state index is 0.0519. The molecule has 8 heteroatoms. The van der Waals surface area contributed by atoms with E-state index in [0.717, 1.165) is 17.0 Å². The number of halogens is 2. The van der Waals surface area contributed by atoms with Gasteiger partial charge >= 0.3 is 0 Å². The fourth-order valence-electron chi connectivity index (χ4n) is 2.50. The lowest BCUT2D eigenvalue weighted by Gasteiger charge is -2.07. The smallest absolute Gasteiger partial charge is 0.250 e. The van der Waals surface area contributed by atoms with Crippen LogP contribution in [0.15, 0.2) is 36.7 Å². The molecule has 2 aromatic heterocycles. The molecule has 0 saturated heterocycles. The molecule has 0 radical (unpaired) electrons. The van der Waals surface area contributed by atoms with Gasteiger partial charge in [-0.3, -0.25) is 4.79 Å². The molecule has 0 unspecified atom stereocenters. The summed E-state index contributed by atoms with van der Waals surface area (Å²) in [4.78, 5) is 20.5. The van der Waals surface area contributed by atoms with E-state index >= 15 is 0 Å². The molecule has 26 heavy (non-hydrogen) atoms. The van der Waals surface area contributed by atoms with E-state index in [0.29, 0.717) is 18.1 Å². The minimum atomic E-state index is -0.472. The van der Waals surface area contributed by atoms with Crippen molar-refractivity contribution in [3.8, 4) is 5.95 Å². The molecule has 1 aromatic carbocycles. The van der Waals surface area contributed by atoms with Crippen LogP contribution in [0, 0.1) is 19.7 Å². The van der Waals surface area contributed by atoms with Crippen LogP contribution in [0.3, 0.4) is 0 Å². The molecule has 3 rings (SSSR count). The van der Waals surface area contributed by atoms with E-state index in [1.807, 2.05) is 19.9 Å². The number of hydrogen-bond acceptors (Lipinski definition) is 4. The molecule has 3 aromatic rings. The van der Waals surface area contributed by atoms with E-state index < -0.39 is 5.82 Å². The minimum Gasteiger partial charge on any atom is -0.323 e. The summed E-state index contributed by atoms with van der Waals surface area (Å²) in [6, 6.07) is 6.36. The standard InChI is InChI=1S/C18H17ClFN5O/c1-11-7-12(2)25(24-11)18-21-9-14(10-22-18)23-17(26)6-4-13-3-5-16(20)15(19)8-13/h3,5,7-10H,4,6H2,1-2H3,(H,23,26). The van der Waals surface area contributed by atoms with E-state index in [2.05, 4.69) is 20.4 Å². The maximum absolute atomic E-state index is 13.1. The number of nitrogens with zero attached hydrogens (tertiary/aromatic N) is 4. The second-order valence-electron chi connectivity index (χ2n) is 5.91. The molecule has 0 bridgehead atoms. The molecule has 134 valence electrons. The first-order valence-electron chi connectivity index (χ1n) is 8.02. The number of nitrogens with one attached hydrogen (secondary N) is 1. The number of carbonyl (C=O) groups excluding carboxylic acids is 1. The average molecular weight is 374 g/mol. The number of amides is 1. The first-order valence-corrected chi connectivity index (χ1v) is 8.39. The second kappa shape index (κ2) is 7.61. The molecule has 2 heterocycles. The number of aromatic nitrogens is 4. The van der Waals surface area contributed by atoms with Crippen molar-refractivity contribution >= 4 is 23.2 Å². The normalized spacial score (nSPS) is 10.8. The third-order valence-electron chi connectivity index (χ3n) is 3.75. The first kappa shape index (κ1) is 18.0. The van der Waals surface area contributed by atoms with Gasteiger partial charge in [-0.05, 0) is 44.0 Å². The van der Waals surface area contributed by atoms with E-state index in [1.165, 1.54) is 24.5 Å². The molecular formula is C18H17ClFN5O. The third kappa shape index (κ3) is 4.23. The van der Waals surface area contributed by atoms with E-state index in [-0.39, 0.29) is 17.4 Å². The lowest BCUT2D eigenvalue weighted by atomic mass is 10.1. The zero-order chi connectivity index (χ0) is 18.7. The van der Waals surface area contributed by atoms with Gasteiger partial charge in [0.1, 0.15) is 5.82 Å². The van der Waals surface area contributed by atoms with Gasteiger partial charge in [-0.2, -0.15) is 5.10 Å². The average Bonchev–Trinajstić information content (AvgIpc) is 2.95. The maximum atomic E-state index is 13.1. The number of carbonyl (C=O) groups is 1. The van der Waals surface area contributed by atoms with Gasteiger partial charge in [0.2, 0.25) is 5.91 Å². The fraction of sp³-hybridized carbons (Fsp3) is 0.222. The van der Waals surface area contributed by atoms with Crippen LogP contribution >= 0.6 is 11.6 Å². The van der Waals surface area contributed by atoms with Crippen molar-refractivity contribution in [3.05, 3.63) is 64.5 Å². The third-order valence-corrected chi connectivity index (χ3v) is 4.04. The number of benzene rings is 1. The summed E-state index contributed by atoms with van der Waals surface area (Å²) in [5.74, 6) is -0.220. The first-order chi connectivity index (χ1) is 12.4. The van der Waals surface area contributed by atoms with Crippen molar-refractivity contribution in [2.75, 3.05) is 5.32 Å². The van der Waals surface area contributed by atoms with Gasteiger partial charge in [-0.1, -0.05) is 17.7 Å². The second-order valence-corrected chi connectivity index (χ2v) is 6.31. The molecule has 1 amide bonds. The van der Waals surface area contributed by atoms with Crippen LogP contribution in [-0.4, -0.2) is 25.7 Å². The molecule has 6 nitrogen and oxygen atoms in total. The Morgan fingerprint density at radius 1 is 1.23 bits per heavy atom. The topological polar surface area (TPSA) is 72.7 Å². The molecular weight excluding hydrogens is 357 g/mol. The van der Waals surface area contributed by atoms with Crippen LogP contribution in [0.1, 0.15) is 23.4 Å². The predicted molar refractivity (Wildman–Crippen MR) is 97.0 cm³/mol. The summed E-state index contributed by atoms with van der Waals surface area (Å²) in [5.41, 5.74) is 3.10. The highest BCUT2D eigenvalue weighted by Gasteiger charge is 2.09. The van der Waals surface area contributed by atoms with Gasteiger partial charge in [0.25, 0.3) is 5.95 Å². The van der Waals surface area contributed by atoms with Crippen molar-refractivity contribution in [3.63, 3.8) is 0 Å². The summed E-state index contributed by atoms with van der Waals surface area (Å²) >= 11 is 5.74. The molecule has 0 saturated carbocycles. The quantitative estimate of drug-likeness (QED) is 0.741. The summed E-state index contributed by atoms with van der Waals surface area (Å²) in [6.45, 7) is 3.81. The van der Waals surface area contributed by atoms with Crippen molar-refractivity contribution in [2.45, 2.75) is 26.7 Å². The van der Waals surface area contributed by atoms with Gasteiger partial charge in [0.15, 0.2) is 0 Å². The zero-order valence-corrected chi connectivity index (χ0v) is 15.1. The van der Waals surface area contributed by atoms with E-state index in [4.69, 9.17) is 11.6 Å². The van der Waals surface area contributed by atoms with Crippen LogP contribution in [-0.2, 0) is 11.2 Å². The molecule has 1 N–H and O–H groups in total. The maximum Gasteiger partial charge on any atom is 0.250 e. The molecule has 0 atom stereocenters. The monoisotopic (exact) mass is 373 g/mol. The van der Waals surface area contributed by atoms with E-state index in [1.54, 1.807) is 10.7 Å². The van der Waals surface area contributed by atoms with Crippen molar-refractivity contribution in [2.24, 2.45) is 0 Å². The summed E-state index contributed by atoms with van der Waals surface area (Å²) in [7, 11) is 0. The van der Waals surface area contributed by atoms with Crippen LogP contribution < -0.4 is 5.32 Å². The van der Waals surface area contributed by atoms with Crippen LogP contribution in [0.5, 0.6) is 0 Å². The van der Waals surface area contributed by atoms with E-state index in [9.17, 15) is 9.18 Å². The molecule has 0 aliphatic heterocycles. The van der Waals surface area contributed by atoms with Crippen molar-refractivity contribution < 1.29 is 9.18 Å². The highest BCUT2D eigenvalue weighted by atomic mass is 35.5. The molecule has 0 fully saturated rings. The van der Waals surface area contributed by atoms with Gasteiger partial charge in [0.05, 0.1) is 28.8 Å². The summed E-state index contributed by atoms with van der Waals surface area (Å²) in [5, 5.41) is 7.10. The Labute approximate surface area is 155 Å². The van der Waals surface area contributed by atoms with Crippen LogP contribution in [0.4, 0.5) is 10.1 Å². The highest BCUT2D eigenvalue weighted by Crippen LogP contribution is 2.17. The molecule has 0 aliphatic rings. The Hall–Kier alpha value is -2.80. The van der Waals surface area contributed by atoms with Crippen LogP contribution in [0.2, 0.25) is 5.02 Å². The number of anilines is 1. The van der Waals surface area contributed by atoms with Gasteiger partial charge < -0.3 is 5.32 Å². The summed E-state index contributed by atoms with van der Waals surface area (Å²) < 4.78 is 14.8. The van der Waals surface area contributed by atoms with Gasteiger partial charge in [0, 0.05) is 12.1 Å². The largest absolute Gasteiger partial charge is 0.323 e. The lowest BCUT2D eigenvalue weighted by Crippen LogP contribution is -2.13. The SMILES string of the molecule is Cc1cc(C)n(-c2ncc(NC(=O)CCc3ccc(F)c(Cl)c3)cn2)n1. The van der Waals surface area contributed by atoms with Gasteiger partial charge in [-0.15, -0.1) is 0 Å². The van der Waals surface area contributed by atoms with Crippen molar-refractivity contribution in [1.29, 1.82) is 0 Å². The summed E-state index contributed by atoms with van der Waals surface area (Å²) in [6.07, 6.45) is 3.76. The van der Waals surface area contributed by atoms with Crippen LogP contribution in [0.25, 0.3) is 5.95 Å². The Morgan fingerprint density at radius 3 is 2.58 bits per heavy atom. The Bertz CT molecular complexity index is 939. The highest BCUT2D eigenvalue weighted by molar-refractivity contribution is 6.30. The van der Waals surface area contributed by atoms with Crippen molar-refractivity contribution in [1.82, 2.24) is 19.7 Å². The molecule has 0 aliphatic carbocycles. The Balaban J connectivity index is 1.59. The predicted octanol–water partition coefficient (Wildman–Crippen LogP) is 3.64. The lowest BCUT2D eigenvalue weighted by molar-refractivity contribution is -0.116. The van der Waals surface area contributed by atoms with Gasteiger partial charge in [-0.25, -0.2) is 19.0 Å². The molecule has 0 spiro atoms. The Kier molecular flexibility index (Phi) is 5.27. The fourth-order valence-corrected chi connectivity index (χ4v) is 2.71. The number of hydrogen-bond donors (Lipinski definition) is 1.